The molecule has 0 fully saturated rings. The first-order valence-electron chi connectivity index (χ1n) is 12.3. The van der Waals surface area contributed by atoms with Crippen molar-refractivity contribution in [2.45, 2.75) is 51.9 Å². The molecule has 7 nitrogen and oxygen atoms in total. The molecule has 0 aliphatic rings. The molecule has 0 radical (unpaired) electrons. The molecule has 1 unspecified atom stereocenters. The Hall–Kier alpha value is -4.00. The topological polar surface area (TPSA) is 100 Å². The molecule has 3 aromatic rings. The number of amides is 2. The molecular formula is C29H34N4O3. The van der Waals surface area contributed by atoms with Gasteiger partial charge in [0.2, 0.25) is 11.8 Å². The lowest BCUT2D eigenvalue weighted by molar-refractivity contribution is -0.129. The van der Waals surface area contributed by atoms with Crippen LogP contribution in [0.2, 0.25) is 0 Å². The highest BCUT2D eigenvalue weighted by atomic mass is 16.2. The first kappa shape index (κ1) is 26.6. The molecule has 0 saturated heterocycles. The smallest absolute Gasteiger partial charge is 0.239 e. The van der Waals surface area contributed by atoms with Crippen LogP contribution in [0.4, 0.5) is 5.82 Å². The van der Waals surface area contributed by atoms with Crippen molar-refractivity contribution >= 4 is 23.4 Å². The number of carbonyl (C=O) groups is 3. The van der Waals surface area contributed by atoms with Gasteiger partial charge in [-0.05, 0) is 67.0 Å². The van der Waals surface area contributed by atoms with E-state index in [9.17, 15) is 14.4 Å². The Morgan fingerprint density at radius 2 is 1.53 bits per heavy atom. The fourth-order valence-corrected chi connectivity index (χ4v) is 3.97. The molecule has 1 aromatic heterocycles. The zero-order valence-electron chi connectivity index (χ0n) is 20.9. The van der Waals surface area contributed by atoms with Crippen molar-refractivity contribution in [3.63, 3.8) is 0 Å². The van der Waals surface area contributed by atoms with Crippen LogP contribution in [0.3, 0.4) is 0 Å². The van der Waals surface area contributed by atoms with E-state index in [-0.39, 0.29) is 36.4 Å². The number of Topliss-reactive ketones (excluding diaryl/α,β-unsaturated/α-hetero) is 1. The molecule has 7 heteroatoms. The van der Waals surface area contributed by atoms with Gasteiger partial charge in [0.15, 0.2) is 0 Å². The average molecular weight is 487 g/mol. The maximum atomic E-state index is 12.5. The van der Waals surface area contributed by atoms with Gasteiger partial charge in [0.25, 0.3) is 0 Å². The summed E-state index contributed by atoms with van der Waals surface area (Å²) >= 11 is 0. The number of rotatable bonds is 12. The molecule has 0 spiro atoms. The second-order valence-corrected chi connectivity index (χ2v) is 8.99. The van der Waals surface area contributed by atoms with Crippen LogP contribution in [-0.2, 0) is 14.4 Å². The van der Waals surface area contributed by atoms with Crippen LogP contribution in [0.15, 0.2) is 72.9 Å². The Labute approximate surface area is 212 Å². The van der Waals surface area contributed by atoms with E-state index in [2.05, 4.69) is 21.2 Å². The number of hydrogen-bond donors (Lipinski definition) is 3. The minimum atomic E-state index is -0.325. The van der Waals surface area contributed by atoms with E-state index < -0.39 is 0 Å². The van der Waals surface area contributed by atoms with Crippen LogP contribution < -0.4 is 16.2 Å². The number of hydrazine groups is 1. The highest BCUT2D eigenvalue weighted by molar-refractivity contribution is 5.83. The number of anilines is 1. The Morgan fingerprint density at radius 3 is 2.22 bits per heavy atom. The first-order chi connectivity index (χ1) is 17.4. The molecule has 0 aliphatic heterocycles. The summed E-state index contributed by atoms with van der Waals surface area (Å²) in [7, 11) is 0. The molecule has 3 N–H and O–H groups in total. The van der Waals surface area contributed by atoms with E-state index in [4.69, 9.17) is 0 Å². The number of hydrogen-bond acceptors (Lipinski definition) is 5. The molecule has 1 heterocycles. The van der Waals surface area contributed by atoms with E-state index in [0.717, 1.165) is 34.5 Å². The Balaban J connectivity index is 1.42. The number of ketones is 1. The van der Waals surface area contributed by atoms with Crippen molar-refractivity contribution in [1.82, 2.24) is 15.8 Å². The number of carbonyl (C=O) groups excluding carboxylic acids is 3. The standard InChI is InChI=1S/C29H34N4O3/c1-21-15-17-31-27(18-21)30-16-7-6-10-28(35)32-33-29(36)20-26(19-22(2)34)25-13-11-24(12-14-25)23-8-4-3-5-9-23/h3-5,8-9,11-15,17-18,26H,6-7,10,16,19-20H2,1-2H3,(H,30,31)(H,32,35)(H,33,36). The van der Waals surface area contributed by atoms with Gasteiger partial charge in [-0.15, -0.1) is 0 Å². The van der Waals surface area contributed by atoms with Crippen molar-refractivity contribution in [2.75, 3.05) is 11.9 Å². The fourth-order valence-electron chi connectivity index (χ4n) is 3.97. The quantitative estimate of drug-likeness (QED) is 0.249. The maximum Gasteiger partial charge on any atom is 0.239 e. The highest BCUT2D eigenvalue weighted by Crippen LogP contribution is 2.27. The molecule has 0 bridgehead atoms. The van der Waals surface area contributed by atoms with Crippen molar-refractivity contribution in [1.29, 1.82) is 0 Å². The second-order valence-electron chi connectivity index (χ2n) is 8.99. The minimum Gasteiger partial charge on any atom is -0.370 e. The fraction of sp³-hybridized carbons (Fsp3) is 0.310. The predicted molar refractivity (Wildman–Crippen MR) is 142 cm³/mol. The summed E-state index contributed by atoms with van der Waals surface area (Å²) in [5, 5.41) is 3.23. The van der Waals surface area contributed by atoms with Gasteiger partial charge in [-0.25, -0.2) is 4.98 Å². The van der Waals surface area contributed by atoms with Crippen LogP contribution in [-0.4, -0.2) is 29.1 Å². The van der Waals surface area contributed by atoms with Gasteiger partial charge >= 0.3 is 0 Å². The third-order valence-electron chi connectivity index (χ3n) is 5.85. The number of aryl methyl sites for hydroxylation is 1. The van der Waals surface area contributed by atoms with Crippen LogP contribution in [0.25, 0.3) is 11.1 Å². The molecule has 188 valence electrons. The van der Waals surface area contributed by atoms with Crippen LogP contribution >= 0.6 is 0 Å². The third kappa shape index (κ3) is 8.98. The van der Waals surface area contributed by atoms with Gasteiger partial charge in [0, 0.05) is 32.0 Å². The molecule has 36 heavy (non-hydrogen) atoms. The monoisotopic (exact) mass is 486 g/mol. The molecule has 2 amide bonds. The van der Waals surface area contributed by atoms with Gasteiger partial charge in [0.05, 0.1) is 0 Å². The van der Waals surface area contributed by atoms with Gasteiger partial charge in [-0.1, -0.05) is 54.6 Å². The molecule has 2 aromatic carbocycles. The van der Waals surface area contributed by atoms with E-state index in [1.807, 2.05) is 73.7 Å². The van der Waals surface area contributed by atoms with Crippen molar-refractivity contribution in [3.8, 4) is 11.1 Å². The van der Waals surface area contributed by atoms with Crippen LogP contribution in [0.5, 0.6) is 0 Å². The summed E-state index contributed by atoms with van der Waals surface area (Å²) in [4.78, 5) is 40.7. The molecular weight excluding hydrogens is 452 g/mol. The lowest BCUT2D eigenvalue weighted by atomic mass is 9.89. The molecule has 0 saturated carbocycles. The third-order valence-corrected chi connectivity index (χ3v) is 5.85. The average Bonchev–Trinajstić information content (AvgIpc) is 2.87. The highest BCUT2D eigenvalue weighted by Gasteiger charge is 2.18. The number of unbranched alkanes of at least 4 members (excludes halogenated alkanes) is 1. The summed E-state index contributed by atoms with van der Waals surface area (Å²) < 4.78 is 0. The lowest BCUT2D eigenvalue weighted by Gasteiger charge is -2.17. The number of nitrogens with zero attached hydrogens (tertiary/aromatic N) is 1. The summed E-state index contributed by atoms with van der Waals surface area (Å²) in [6.07, 6.45) is 3.92. The van der Waals surface area contributed by atoms with Crippen LogP contribution in [0.1, 0.15) is 56.1 Å². The minimum absolute atomic E-state index is 0.0124. The van der Waals surface area contributed by atoms with E-state index in [1.54, 1.807) is 6.20 Å². The maximum absolute atomic E-state index is 12.5. The SMILES string of the molecule is CC(=O)CC(CC(=O)NNC(=O)CCCCNc1cc(C)ccn1)c1ccc(-c2ccccc2)cc1. The number of nitrogens with one attached hydrogen (secondary N) is 3. The molecule has 3 rings (SSSR count). The summed E-state index contributed by atoms with van der Waals surface area (Å²) in [5.41, 5.74) is 9.21. The normalized spacial score (nSPS) is 11.4. The van der Waals surface area contributed by atoms with Crippen LogP contribution in [0, 0.1) is 6.92 Å². The van der Waals surface area contributed by atoms with Crippen molar-refractivity contribution < 1.29 is 14.4 Å². The predicted octanol–water partition coefficient (Wildman–Crippen LogP) is 4.94. The van der Waals surface area contributed by atoms with Crippen molar-refractivity contribution in [3.05, 3.63) is 84.1 Å². The number of benzene rings is 2. The largest absolute Gasteiger partial charge is 0.370 e. The van der Waals surface area contributed by atoms with Gasteiger partial charge in [-0.3, -0.25) is 20.4 Å². The molecule has 0 aliphatic carbocycles. The zero-order valence-corrected chi connectivity index (χ0v) is 20.9. The van der Waals surface area contributed by atoms with E-state index in [1.165, 1.54) is 6.92 Å². The first-order valence-corrected chi connectivity index (χ1v) is 12.3. The van der Waals surface area contributed by atoms with Crippen molar-refractivity contribution in [2.24, 2.45) is 0 Å². The number of pyridine rings is 1. The second kappa shape index (κ2) is 13.8. The Kier molecular flexibility index (Phi) is 10.2. The Morgan fingerprint density at radius 1 is 0.833 bits per heavy atom. The zero-order chi connectivity index (χ0) is 25.8. The van der Waals surface area contributed by atoms with Gasteiger partial charge in [0.1, 0.15) is 11.6 Å². The summed E-state index contributed by atoms with van der Waals surface area (Å²) in [6, 6.07) is 21.9. The summed E-state index contributed by atoms with van der Waals surface area (Å²) in [6.45, 7) is 4.25. The lowest BCUT2D eigenvalue weighted by Crippen LogP contribution is -2.42. The van der Waals surface area contributed by atoms with E-state index in [0.29, 0.717) is 19.4 Å². The Bertz CT molecular complexity index is 1150. The summed E-state index contributed by atoms with van der Waals surface area (Å²) in [5.74, 6) is 0.00630. The molecule has 1 atom stereocenters. The van der Waals surface area contributed by atoms with E-state index >= 15 is 0 Å². The van der Waals surface area contributed by atoms with Gasteiger partial charge in [-0.2, -0.15) is 0 Å². The van der Waals surface area contributed by atoms with Gasteiger partial charge < -0.3 is 10.1 Å². The number of aromatic nitrogens is 1.